The molecule has 0 aromatic rings. The molecule has 0 atom stereocenters. The highest BCUT2D eigenvalue weighted by Gasteiger charge is 2.19. The summed E-state index contributed by atoms with van der Waals surface area (Å²) in [5.41, 5.74) is 0. The molecule has 0 unspecified atom stereocenters. The van der Waals surface area contributed by atoms with Crippen molar-refractivity contribution in [1.29, 1.82) is 0 Å². The van der Waals surface area contributed by atoms with Gasteiger partial charge in [-0.05, 0) is 6.17 Å². The molecule has 1 fully saturated rings. The largest absolute Gasteiger partial charge is 0.314 e. The van der Waals surface area contributed by atoms with E-state index in [1.165, 1.54) is 32.3 Å². The maximum absolute atomic E-state index is 3.37. The molecule has 0 aromatic heterocycles. The average Bonchev–Trinajstić information content (AvgIpc) is 1.85. The summed E-state index contributed by atoms with van der Waals surface area (Å²) in [6.45, 7) is 12.2. The minimum Gasteiger partial charge on any atom is -0.314 e. The van der Waals surface area contributed by atoms with Crippen LogP contribution in [0.1, 0.15) is 0 Å². The number of piperazine rings is 1. The smallest absolute Gasteiger partial charge is 0.0599 e. The molecule has 1 saturated heterocycles. The Labute approximate surface area is 71.0 Å². The van der Waals surface area contributed by atoms with Crippen molar-refractivity contribution in [1.82, 2.24) is 10.2 Å². The minimum absolute atomic E-state index is 0.846. The highest BCUT2D eigenvalue weighted by Crippen LogP contribution is 2.04. The second-order valence-electron chi connectivity index (χ2n) is 4.59. The van der Waals surface area contributed by atoms with Crippen LogP contribution in [0.3, 0.4) is 0 Å². The molecule has 0 aromatic carbocycles. The molecule has 0 spiro atoms. The van der Waals surface area contributed by atoms with Crippen molar-refractivity contribution in [3.8, 4) is 0 Å². The summed E-state index contributed by atoms with van der Waals surface area (Å²) in [7, 11) is -0.846. The Hall–Kier alpha value is 0.137. The van der Waals surface area contributed by atoms with E-state index in [2.05, 4.69) is 29.9 Å². The third kappa shape index (κ3) is 3.89. The Morgan fingerprint density at radius 2 is 1.73 bits per heavy atom. The first kappa shape index (κ1) is 9.23. The van der Waals surface area contributed by atoms with Gasteiger partial charge in [-0.3, -0.25) is 0 Å². The van der Waals surface area contributed by atoms with E-state index >= 15 is 0 Å². The van der Waals surface area contributed by atoms with E-state index in [9.17, 15) is 0 Å². The van der Waals surface area contributed by atoms with Crippen molar-refractivity contribution in [3.63, 3.8) is 0 Å². The fourth-order valence-electron chi connectivity index (χ4n) is 1.54. The molecular weight excluding hydrogens is 152 g/mol. The van der Waals surface area contributed by atoms with Crippen LogP contribution in [-0.2, 0) is 0 Å². The van der Waals surface area contributed by atoms with Crippen molar-refractivity contribution in [3.05, 3.63) is 0 Å². The molecule has 3 heteroatoms. The summed E-state index contributed by atoms with van der Waals surface area (Å²) in [6.07, 6.45) is 1.37. The zero-order valence-corrected chi connectivity index (χ0v) is 8.98. The van der Waals surface area contributed by atoms with Gasteiger partial charge in [0.15, 0.2) is 0 Å². The molecule has 1 heterocycles. The number of hydrogen-bond acceptors (Lipinski definition) is 2. The first-order chi connectivity index (χ1) is 5.08. The van der Waals surface area contributed by atoms with Crippen LogP contribution in [0.5, 0.6) is 0 Å². The molecular formula is C8H20N2Si. The molecule has 1 aliphatic heterocycles. The van der Waals surface area contributed by atoms with Gasteiger partial charge in [0.2, 0.25) is 0 Å². The lowest BCUT2D eigenvalue weighted by atomic mass is 10.4. The summed E-state index contributed by atoms with van der Waals surface area (Å²) in [5, 5.41) is 3.37. The molecule has 1 rings (SSSR count). The number of rotatable bonds is 2. The van der Waals surface area contributed by atoms with Crippen LogP contribution >= 0.6 is 0 Å². The molecule has 2 nitrogen and oxygen atoms in total. The molecule has 66 valence electrons. The van der Waals surface area contributed by atoms with E-state index in [1.807, 2.05) is 0 Å². The van der Waals surface area contributed by atoms with Gasteiger partial charge in [-0.15, -0.1) is 0 Å². The van der Waals surface area contributed by atoms with Gasteiger partial charge in [0.05, 0.1) is 8.07 Å². The Morgan fingerprint density at radius 1 is 1.18 bits per heavy atom. The Morgan fingerprint density at radius 3 is 2.18 bits per heavy atom. The fraction of sp³-hybridized carbons (Fsp3) is 1.00. The highest BCUT2D eigenvalue weighted by molar-refractivity contribution is 6.76. The monoisotopic (exact) mass is 172 g/mol. The molecule has 0 aliphatic carbocycles. The molecule has 0 amide bonds. The van der Waals surface area contributed by atoms with Gasteiger partial charge in [0.1, 0.15) is 0 Å². The Kier molecular flexibility index (Phi) is 3.10. The van der Waals surface area contributed by atoms with Gasteiger partial charge < -0.3 is 10.2 Å². The predicted octanol–water partition coefficient (Wildman–Crippen LogP) is 0.769. The lowest BCUT2D eigenvalue weighted by Crippen LogP contribution is -2.49. The number of nitrogens with one attached hydrogen (secondary N) is 1. The zero-order chi connectivity index (χ0) is 8.32. The van der Waals surface area contributed by atoms with Crippen molar-refractivity contribution >= 4 is 8.07 Å². The molecule has 0 radical (unpaired) electrons. The van der Waals surface area contributed by atoms with Crippen LogP contribution in [0.4, 0.5) is 0 Å². The normalized spacial score (nSPS) is 22.1. The molecule has 11 heavy (non-hydrogen) atoms. The third-order valence-corrected chi connectivity index (χ3v) is 3.30. The molecule has 0 bridgehead atoms. The third-order valence-electron chi connectivity index (χ3n) is 1.91. The predicted molar refractivity (Wildman–Crippen MR) is 52.7 cm³/mol. The zero-order valence-electron chi connectivity index (χ0n) is 7.98. The summed E-state index contributed by atoms with van der Waals surface area (Å²) in [6, 6.07) is 0. The van der Waals surface area contributed by atoms with Crippen LogP contribution in [-0.4, -0.2) is 45.3 Å². The summed E-state index contributed by atoms with van der Waals surface area (Å²) < 4.78 is 0. The van der Waals surface area contributed by atoms with E-state index < -0.39 is 8.07 Å². The van der Waals surface area contributed by atoms with Gasteiger partial charge in [-0.2, -0.15) is 0 Å². The summed E-state index contributed by atoms with van der Waals surface area (Å²) in [5.74, 6) is 0. The first-order valence-corrected chi connectivity index (χ1v) is 8.22. The molecule has 1 aliphatic rings. The van der Waals surface area contributed by atoms with Crippen LogP contribution in [0, 0.1) is 0 Å². The highest BCUT2D eigenvalue weighted by atomic mass is 28.3. The van der Waals surface area contributed by atoms with E-state index in [0.29, 0.717) is 0 Å². The van der Waals surface area contributed by atoms with E-state index in [1.54, 1.807) is 0 Å². The molecule has 1 N–H and O–H groups in total. The lowest BCUT2D eigenvalue weighted by Gasteiger charge is -2.32. The van der Waals surface area contributed by atoms with E-state index in [0.717, 1.165) is 0 Å². The van der Waals surface area contributed by atoms with Crippen molar-refractivity contribution in [2.24, 2.45) is 0 Å². The van der Waals surface area contributed by atoms with Gasteiger partial charge >= 0.3 is 0 Å². The van der Waals surface area contributed by atoms with Crippen molar-refractivity contribution in [2.75, 3.05) is 32.3 Å². The van der Waals surface area contributed by atoms with E-state index in [4.69, 9.17) is 0 Å². The maximum Gasteiger partial charge on any atom is 0.0599 e. The second-order valence-corrected chi connectivity index (χ2v) is 10.0. The van der Waals surface area contributed by atoms with Crippen LogP contribution < -0.4 is 5.32 Å². The topological polar surface area (TPSA) is 15.3 Å². The maximum atomic E-state index is 3.37. The van der Waals surface area contributed by atoms with Gasteiger partial charge in [-0.1, -0.05) is 19.6 Å². The van der Waals surface area contributed by atoms with Crippen molar-refractivity contribution in [2.45, 2.75) is 19.6 Å². The fourth-order valence-corrected chi connectivity index (χ4v) is 3.20. The van der Waals surface area contributed by atoms with Gasteiger partial charge in [-0.25, -0.2) is 0 Å². The quantitative estimate of drug-likeness (QED) is 0.619. The number of nitrogens with zero attached hydrogens (tertiary/aromatic N) is 1. The standard InChI is InChI=1S/C8H20N2Si/c1-11(2,3)8-10-6-4-9-5-7-10/h9H,4-8H2,1-3H3. The van der Waals surface area contributed by atoms with Crippen LogP contribution in [0.15, 0.2) is 0 Å². The lowest BCUT2D eigenvalue weighted by molar-refractivity contribution is 0.273. The Balaban J connectivity index is 2.24. The summed E-state index contributed by atoms with van der Waals surface area (Å²) >= 11 is 0. The van der Waals surface area contributed by atoms with E-state index in [-0.39, 0.29) is 0 Å². The Bertz CT molecular complexity index is 114. The SMILES string of the molecule is C[Si](C)(C)CN1CCNCC1. The summed E-state index contributed by atoms with van der Waals surface area (Å²) in [4.78, 5) is 2.60. The minimum atomic E-state index is -0.846. The van der Waals surface area contributed by atoms with Crippen LogP contribution in [0.25, 0.3) is 0 Å². The van der Waals surface area contributed by atoms with Gasteiger partial charge in [0, 0.05) is 26.2 Å². The van der Waals surface area contributed by atoms with Gasteiger partial charge in [0.25, 0.3) is 0 Å². The average molecular weight is 172 g/mol. The number of hydrogen-bond donors (Lipinski definition) is 1. The molecule has 0 saturated carbocycles. The second kappa shape index (κ2) is 3.69. The van der Waals surface area contributed by atoms with Crippen LogP contribution in [0.2, 0.25) is 19.6 Å². The van der Waals surface area contributed by atoms with Crippen molar-refractivity contribution < 1.29 is 0 Å². The first-order valence-electron chi connectivity index (χ1n) is 4.51.